The smallest absolute Gasteiger partial charge is 0.262 e. The lowest BCUT2D eigenvalue weighted by molar-refractivity contribution is 0.0539. The highest BCUT2D eigenvalue weighted by Crippen LogP contribution is 2.36. The molecular formula is C21H27Cl2N5O3S. The zero-order chi connectivity index (χ0) is 22.9. The fraction of sp³-hybridized carbons (Fsp3) is 0.524. The van der Waals surface area contributed by atoms with Gasteiger partial charge in [-0.1, -0.05) is 42.1 Å². The molecule has 1 amide bonds. The molecule has 11 heteroatoms. The molecule has 1 aromatic heterocycles. The molecule has 1 saturated carbocycles. The van der Waals surface area contributed by atoms with Crippen LogP contribution in [0.5, 0.6) is 0 Å². The van der Waals surface area contributed by atoms with Crippen molar-refractivity contribution >= 4 is 39.1 Å². The standard InChI is InChI=1S/C21H27Cl2N5O3S/c1-26-13-18(25-15-26)32(30,31)28-11-9-27(10-12-28)21(7-2-3-8-21)14-24-20(29)19-16(22)5-4-6-17(19)23/h4-6,13,15H,2-3,7-12,14H2,1H3,(H,24,29). The van der Waals surface area contributed by atoms with Gasteiger partial charge >= 0.3 is 0 Å². The first-order chi connectivity index (χ1) is 15.2. The van der Waals surface area contributed by atoms with Crippen LogP contribution in [0.25, 0.3) is 0 Å². The van der Waals surface area contributed by atoms with E-state index >= 15 is 0 Å². The van der Waals surface area contributed by atoms with Crippen molar-refractivity contribution in [2.45, 2.75) is 36.2 Å². The summed E-state index contributed by atoms with van der Waals surface area (Å²) in [5.74, 6) is -0.289. The number of hydrogen-bond donors (Lipinski definition) is 1. The Hall–Kier alpha value is -1.65. The number of aromatic nitrogens is 2. The average molecular weight is 500 g/mol. The molecule has 1 aromatic carbocycles. The van der Waals surface area contributed by atoms with Gasteiger partial charge in [0.1, 0.15) is 0 Å². The minimum atomic E-state index is -3.60. The second-order valence-corrected chi connectivity index (χ2v) is 11.2. The Morgan fingerprint density at radius 2 is 1.75 bits per heavy atom. The molecule has 1 N–H and O–H groups in total. The van der Waals surface area contributed by atoms with E-state index in [0.29, 0.717) is 42.8 Å². The fourth-order valence-electron chi connectivity index (χ4n) is 4.74. The van der Waals surface area contributed by atoms with E-state index in [2.05, 4.69) is 15.2 Å². The van der Waals surface area contributed by atoms with E-state index < -0.39 is 10.0 Å². The highest BCUT2D eigenvalue weighted by atomic mass is 35.5. The summed E-state index contributed by atoms with van der Waals surface area (Å²) < 4.78 is 28.9. The lowest BCUT2D eigenvalue weighted by atomic mass is 9.93. The summed E-state index contributed by atoms with van der Waals surface area (Å²) in [5, 5.41) is 3.76. The highest BCUT2D eigenvalue weighted by Gasteiger charge is 2.42. The van der Waals surface area contributed by atoms with Gasteiger partial charge in [0.05, 0.1) is 21.9 Å². The zero-order valence-corrected chi connectivity index (χ0v) is 20.3. The van der Waals surface area contributed by atoms with Crippen molar-refractivity contribution in [2.75, 3.05) is 32.7 Å². The van der Waals surface area contributed by atoms with Crippen LogP contribution in [0.4, 0.5) is 0 Å². The van der Waals surface area contributed by atoms with Gasteiger partial charge in [-0.05, 0) is 25.0 Å². The van der Waals surface area contributed by atoms with E-state index in [1.165, 1.54) is 16.8 Å². The summed E-state index contributed by atoms with van der Waals surface area (Å²) in [4.78, 5) is 19.2. The SMILES string of the molecule is Cn1cnc(S(=O)(=O)N2CCN(C3(CNC(=O)c4c(Cl)cccc4Cl)CCCC3)CC2)c1. The minimum Gasteiger partial charge on any atom is -0.350 e. The number of halogens is 2. The van der Waals surface area contributed by atoms with Crippen LogP contribution in [0, 0.1) is 0 Å². The van der Waals surface area contributed by atoms with Crippen molar-refractivity contribution in [1.29, 1.82) is 0 Å². The van der Waals surface area contributed by atoms with Crippen LogP contribution in [-0.4, -0.2) is 71.3 Å². The van der Waals surface area contributed by atoms with E-state index in [0.717, 1.165) is 25.7 Å². The molecule has 174 valence electrons. The van der Waals surface area contributed by atoms with Gasteiger partial charge < -0.3 is 9.88 Å². The first-order valence-corrected chi connectivity index (χ1v) is 12.9. The number of carbonyl (C=O) groups excluding carboxylic acids is 1. The normalized spacial score (nSPS) is 19.8. The van der Waals surface area contributed by atoms with Gasteiger partial charge in [0.2, 0.25) is 0 Å². The number of benzene rings is 1. The van der Waals surface area contributed by atoms with Crippen molar-refractivity contribution in [1.82, 2.24) is 24.1 Å². The summed E-state index contributed by atoms with van der Waals surface area (Å²) >= 11 is 12.4. The van der Waals surface area contributed by atoms with Crippen LogP contribution in [-0.2, 0) is 17.1 Å². The van der Waals surface area contributed by atoms with Gasteiger partial charge in [-0.2, -0.15) is 4.31 Å². The van der Waals surface area contributed by atoms with Crippen LogP contribution in [0.2, 0.25) is 10.0 Å². The van der Waals surface area contributed by atoms with E-state index in [1.54, 1.807) is 29.8 Å². The van der Waals surface area contributed by atoms with Crippen molar-refractivity contribution in [3.05, 3.63) is 46.3 Å². The maximum Gasteiger partial charge on any atom is 0.262 e. The lowest BCUT2D eigenvalue weighted by Gasteiger charge is -2.45. The molecule has 2 heterocycles. The van der Waals surface area contributed by atoms with Crippen molar-refractivity contribution in [2.24, 2.45) is 7.05 Å². The second kappa shape index (κ2) is 9.30. The minimum absolute atomic E-state index is 0.0768. The summed E-state index contributed by atoms with van der Waals surface area (Å²) in [7, 11) is -1.86. The summed E-state index contributed by atoms with van der Waals surface area (Å²) in [5.41, 5.74) is 0.0970. The van der Waals surface area contributed by atoms with Gasteiger partial charge in [0.15, 0.2) is 5.03 Å². The van der Waals surface area contributed by atoms with Crippen LogP contribution in [0.3, 0.4) is 0 Å². The average Bonchev–Trinajstić information content (AvgIpc) is 3.42. The number of piperazine rings is 1. The molecule has 0 spiro atoms. The topological polar surface area (TPSA) is 87.5 Å². The maximum atomic E-state index is 12.9. The molecule has 1 saturated heterocycles. The molecule has 0 atom stereocenters. The Balaban J connectivity index is 1.43. The Kier molecular flexibility index (Phi) is 6.84. The predicted molar refractivity (Wildman–Crippen MR) is 124 cm³/mol. The third kappa shape index (κ3) is 4.54. The van der Waals surface area contributed by atoms with Crippen LogP contribution in [0.15, 0.2) is 35.7 Å². The monoisotopic (exact) mass is 499 g/mol. The van der Waals surface area contributed by atoms with E-state index in [1.807, 2.05) is 0 Å². The molecule has 8 nitrogen and oxygen atoms in total. The first-order valence-electron chi connectivity index (χ1n) is 10.7. The lowest BCUT2D eigenvalue weighted by Crippen LogP contribution is -2.60. The van der Waals surface area contributed by atoms with Gasteiger partial charge in [-0.3, -0.25) is 9.69 Å². The molecule has 4 rings (SSSR count). The third-order valence-electron chi connectivity index (χ3n) is 6.50. The number of amides is 1. The number of hydrogen-bond acceptors (Lipinski definition) is 5. The fourth-order valence-corrected chi connectivity index (χ4v) is 6.70. The van der Waals surface area contributed by atoms with Crippen LogP contribution < -0.4 is 5.32 Å². The van der Waals surface area contributed by atoms with Crippen LogP contribution in [0.1, 0.15) is 36.0 Å². The Morgan fingerprint density at radius 3 is 2.31 bits per heavy atom. The van der Waals surface area contributed by atoms with Gasteiger partial charge in [-0.25, -0.2) is 13.4 Å². The Labute approximate surface area is 198 Å². The summed E-state index contributed by atoms with van der Waals surface area (Å²) in [6.07, 6.45) is 7.08. The van der Waals surface area contributed by atoms with Gasteiger partial charge in [0, 0.05) is 51.5 Å². The number of nitrogens with zero attached hydrogens (tertiary/aromatic N) is 4. The Bertz CT molecular complexity index is 1070. The van der Waals surface area contributed by atoms with E-state index in [4.69, 9.17) is 23.2 Å². The molecule has 2 fully saturated rings. The molecule has 1 aliphatic heterocycles. The molecule has 2 aliphatic rings. The highest BCUT2D eigenvalue weighted by molar-refractivity contribution is 7.89. The predicted octanol–water partition coefficient (Wildman–Crippen LogP) is 2.78. The maximum absolute atomic E-state index is 12.9. The second-order valence-electron chi connectivity index (χ2n) is 8.48. The molecular weight excluding hydrogens is 473 g/mol. The Morgan fingerprint density at radius 1 is 1.12 bits per heavy atom. The number of imidazole rings is 1. The zero-order valence-electron chi connectivity index (χ0n) is 17.9. The first kappa shape index (κ1) is 23.5. The van der Waals surface area contributed by atoms with Crippen molar-refractivity contribution in [3.63, 3.8) is 0 Å². The third-order valence-corrected chi connectivity index (χ3v) is 8.91. The summed E-state index contributed by atoms with van der Waals surface area (Å²) in [6, 6.07) is 5.00. The largest absolute Gasteiger partial charge is 0.350 e. The van der Waals surface area contributed by atoms with Crippen molar-refractivity contribution < 1.29 is 13.2 Å². The molecule has 2 aromatic rings. The molecule has 1 aliphatic carbocycles. The number of rotatable bonds is 6. The number of carbonyl (C=O) groups is 1. The van der Waals surface area contributed by atoms with Crippen LogP contribution >= 0.6 is 23.2 Å². The van der Waals surface area contributed by atoms with E-state index in [9.17, 15) is 13.2 Å². The van der Waals surface area contributed by atoms with Crippen molar-refractivity contribution in [3.8, 4) is 0 Å². The number of sulfonamides is 1. The van der Waals surface area contributed by atoms with Gasteiger partial charge in [0.25, 0.3) is 15.9 Å². The molecule has 0 bridgehead atoms. The number of nitrogens with one attached hydrogen (secondary N) is 1. The van der Waals surface area contributed by atoms with E-state index in [-0.39, 0.29) is 22.0 Å². The molecule has 0 unspecified atom stereocenters. The quantitative estimate of drug-likeness (QED) is 0.659. The molecule has 0 radical (unpaired) electrons. The number of aryl methyl sites for hydroxylation is 1. The van der Waals surface area contributed by atoms with Gasteiger partial charge in [-0.15, -0.1) is 0 Å². The summed E-state index contributed by atoms with van der Waals surface area (Å²) in [6.45, 7) is 2.47. The molecule has 32 heavy (non-hydrogen) atoms.